The zero-order valence-corrected chi connectivity index (χ0v) is 18.1. The maximum Gasteiger partial charge on any atom is 0.0249 e. The van der Waals surface area contributed by atoms with E-state index in [-0.39, 0.29) is 0 Å². The Balaban J connectivity index is 1.49. The van der Waals surface area contributed by atoms with Crippen LogP contribution < -0.4 is 0 Å². The van der Waals surface area contributed by atoms with E-state index in [9.17, 15) is 0 Å². The summed E-state index contributed by atoms with van der Waals surface area (Å²) in [4.78, 5) is 0. The van der Waals surface area contributed by atoms with Crippen LogP contribution in [0.25, 0.3) is 0 Å². The first-order valence-corrected chi connectivity index (χ1v) is 11.5. The molecule has 0 aromatic heterocycles. The molecule has 0 saturated heterocycles. The third-order valence-corrected chi connectivity index (χ3v) is 6.18. The lowest BCUT2D eigenvalue weighted by Crippen LogP contribution is -2.14. The second-order valence-electron chi connectivity index (χ2n) is 8.41. The van der Waals surface area contributed by atoms with Crippen molar-refractivity contribution in [2.24, 2.45) is 11.8 Å². The van der Waals surface area contributed by atoms with Crippen molar-refractivity contribution in [3.8, 4) is 23.7 Å². The molecule has 3 rings (SSSR count). The van der Waals surface area contributed by atoms with E-state index < -0.39 is 0 Å². The third-order valence-electron chi connectivity index (χ3n) is 6.18. The van der Waals surface area contributed by atoms with Gasteiger partial charge in [-0.05, 0) is 73.1 Å². The first-order chi connectivity index (χ1) is 14.3. The van der Waals surface area contributed by atoms with Gasteiger partial charge >= 0.3 is 0 Å². The number of benzene rings is 2. The van der Waals surface area contributed by atoms with E-state index in [1.807, 2.05) is 0 Å². The van der Waals surface area contributed by atoms with Gasteiger partial charge in [-0.1, -0.05) is 81.8 Å². The molecule has 0 radical (unpaired) electrons. The van der Waals surface area contributed by atoms with Gasteiger partial charge in [0.15, 0.2) is 0 Å². The topological polar surface area (TPSA) is 0 Å². The van der Waals surface area contributed by atoms with Crippen LogP contribution in [0.3, 0.4) is 0 Å². The Kier molecular flexibility index (Phi) is 8.46. The Morgan fingerprint density at radius 1 is 0.690 bits per heavy atom. The van der Waals surface area contributed by atoms with Crippen molar-refractivity contribution in [1.82, 2.24) is 0 Å². The van der Waals surface area contributed by atoms with E-state index in [2.05, 4.69) is 86.1 Å². The Labute approximate surface area is 178 Å². The van der Waals surface area contributed by atoms with Crippen molar-refractivity contribution >= 4 is 0 Å². The minimum atomic E-state index is 0.937. The second kappa shape index (κ2) is 11.5. The van der Waals surface area contributed by atoms with Crippen LogP contribution in [0.2, 0.25) is 0 Å². The summed E-state index contributed by atoms with van der Waals surface area (Å²) in [5.41, 5.74) is 4.64. The average Bonchev–Trinajstić information content (AvgIpc) is 2.78. The van der Waals surface area contributed by atoms with Gasteiger partial charge < -0.3 is 0 Å². The molecule has 0 bridgehead atoms. The van der Waals surface area contributed by atoms with E-state index in [4.69, 9.17) is 0 Å². The molecular formula is C29H34. The van der Waals surface area contributed by atoms with Crippen molar-refractivity contribution in [3.63, 3.8) is 0 Å². The van der Waals surface area contributed by atoms with Gasteiger partial charge in [-0.25, -0.2) is 0 Å². The zero-order chi connectivity index (χ0) is 20.3. The molecule has 0 N–H and O–H groups in total. The molecule has 1 aliphatic rings. The van der Waals surface area contributed by atoms with Gasteiger partial charge in [0.25, 0.3) is 0 Å². The molecular weight excluding hydrogens is 348 g/mol. The Hall–Kier alpha value is -2.44. The summed E-state index contributed by atoms with van der Waals surface area (Å²) in [5.74, 6) is 14.9. The standard InChI is InChI=1S/C29H34/c1-3-5-6-7-25-12-14-27(15-13-25)18-19-29-22-20-28(21-23-29)17-16-26-10-8-24(4-2)9-11-26/h12-15,20-24,26H,3-5,8-11,16-17H2,1-2H3/t24-,26-. The summed E-state index contributed by atoms with van der Waals surface area (Å²) < 4.78 is 0. The quantitative estimate of drug-likeness (QED) is 0.473. The predicted molar refractivity (Wildman–Crippen MR) is 125 cm³/mol. The van der Waals surface area contributed by atoms with Crippen LogP contribution in [0.5, 0.6) is 0 Å². The highest BCUT2D eigenvalue weighted by Crippen LogP contribution is 2.33. The van der Waals surface area contributed by atoms with Gasteiger partial charge in [0.1, 0.15) is 0 Å². The second-order valence-corrected chi connectivity index (χ2v) is 8.41. The molecule has 0 unspecified atom stereocenters. The highest BCUT2D eigenvalue weighted by molar-refractivity contribution is 5.46. The predicted octanol–water partition coefficient (Wildman–Crippen LogP) is 7.39. The molecule has 29 heavy (non-hydrogen) atoms. The van der Waals surface area contributed by atoms with Crippen LogP contribution >= 0.6 is 0 Å². The van der Waals surface area contributed by atoms with Crippen LogP contribution in [0.4, 0.5) is 0 Å². The number of unbranched alkanes of at least 4 members (excludes halogenated alkanes) is 1. The minimum Gasteiger partial charge on any atom is -0.0979 e. The molecule has 0 heteroatoms. The normalized spacial score (nSPS) is 18.3. The highest BCUT2D eigenvalue weighted by atomic mass is 14.2. The van der Waals surface area contributed by atoms with E-state index in [0.29, 0.717) is 0 Å². The van der Waals surface area contributed by atoms with Crippen LogP contribution in [0.15, 0.2) is 48.5 Å². The van der Waals surface area contributed by atoms with Crippen LogP contribution in [0.1, 0.15) is 87.5 Å². The van der Waals surface area contributed by atoms with Crippen LogP contribution in [-0.2, 0) is 6.42 Å². The molecule has 0 nitrogen and oxygen atoms in total. The molecule has 1 saturated carbocycles. The lowest BCUT2D eigenvalue weighted by atomic mass is 9.78. The molecule has 0 heterocycles. The van der Waals surface area contributed by atoms with Crippen molar-refractivity contribution in [3.05, 3.63) is 70.8 Å². The highest BCUT2D eigenvalue weighted by Gasteiger charge is 2.19. The average molecular weight is 383 g/mol. The van der Waals surface area contributed by atoms with E-state index in [1.165, 1.54) is 50.5 Å². The summed E-state index contributed by atoms with van der Waals surface area (Å²) in [5, 5.41) is 0. The SMILES string of the molecule is CCCC#Cc1ccc(C#Cc2ccc(CC[C@H]3CC[C@H](CC)CC3)cc2)cc1. The Morgan fingerprint density at radius 2 is 1.21 bits per heavy atom. The monoisotopic (exact) mass is 382 g/mol. The molecule has 150 valence electrons. The van der Waals surface area contributed by atoms with Crippen LogP contribution in [-0.4, -0.2) is 0 Å². The number of hydrogen-bond acceptors (Lipinski definition) is 0. The maximum atomic E-state index is 3.29. The minimum absolute atomic E-state index is 0.937. The smallest absolute Gasteiger partial charge is 0.0249 e. The third kappa shape index (κ3) is 7.15. The lowest BCUT2D eigenvalue weighted by molar-refractivity contribution is 0.259. The van der Waals surface area contributed by atoms with Gasteiger partial charge in [0, 0.05) is 23.1 Å². The molecule has 0 atom stereocenters. The molecule has 2 aromatic carbocycles. The van der Waals surface area contributed by atoms with E-state index in [1.54, 1.807) is 0 Å². The fraction of sp³-hybridized carbons (Fsp3) is 0.448. The molecule has 0 aliphatic heterocycles. The van der Waals surface area contributed by atoms with Gasteiger partial charge in [-0.15, -0.1) is 0 Å². The largest absolute Gasteiger partial charge is 0.0979 e. The number of rotatable bonds is 5. The summed E-state index contributed by atoms with van der Waals surface area (Å²) >= 11 is 0. The van der Waals surface area contributed by atoms with Gasteiger partial charge in [-0.2, -0.15) is 0 Å². The molecule has 1 aliphatic carbocycles. The fourth-order valence-electron chi connectivity index (χ4n) is 4.12. The van der Waals surface area contributed by atoms with Crippen molar-refractivity contribution < 1.29 is 0 Å². The number of aryl methyl sites for hydroxylation is 1. The maximum absolute atomic E-state index is 3.29. The van der Waals surface area contributed by atoms with E-state index in [0.717, 1.165) is 41.4 Å². The first kappa shape index (κ1) is 21.3. The first-order valence-electron chi connectivity index (χ1n) is 11.5. The summed E-state index contributed by atoms with van der Waals surface area (Å²) in [6.45, 7) is 4.49. The Bertz CT molecular complexity index is 854. The van der Waals surface area contributed by atoms with Crippen LogP contribution in [0, 0.1) is 35.5 Å². The van der Waals surface area contributed by atoms with Gasteiger partial charge in [-0.3, -0.25) is 0 Å². The zero-order valence-electron chi connectivity index (χ0n) is 18.1. The van der Waals surface area contributed by atoms with Crippen molar-refractivity contribution in [2.75, 3.05) is 0 Å². The fourth-order valence-corrected chi connectivity index (χ4v) is 4.12. The lowest BCUT2D eigenvalue weighted by Gasteiger charge is -2.27. The Morgan fingerprint density at radius 3 is 1.76 bits per heavy atom. The molecule has 0 spiro atoms. The molecule has 0 amide bonds. The molecule has 1 fully saturated rings. The summed E-state index contributed by atoms with van der Waals surface area (Å²) in [7, 11) is 0. The van der Waals surface area contributed by atoms with Gasteiger partial charge in [0.05, 0.1) is 0 Å². The molecule has 2 aromatic rings. The number of hydrogen-bond donors (Lipinski definition) is 0. The van der Waals surface area contributed by atoms with Crippen molar-refractivity contribution in [1.29, 1.82) is 0 Å². The summed E-state index contributed by atoms with van der Waals surface area (Å²) in [6, 6.07) is 17.1. The van der Waals surface area contributed by atoms with Gasteiger partial charge in [0.2, 0.25) is 0 Å². The van der Waals surface area contributed by atoms with Crippen molar-refractivity contribution in [2.45, 2.75) is 71.6 Å². The van der Waals surface area contributed by atoms with E-state index >= 15 is 0 Å². The summed E-state index contributed by atoms with van der Waals surface area (Å²) in [6.07, 6.45) is 11.7.